The van der Waals surface area contributed by atoms with Crippen LogP contribution in [0.2, 0.25) is 0 Å². The third kappa shape index (κ3) is 2.89. The van der Waals surface area contributed by atoms with Crippen LogP contribution < -0.4 is 11.1 Å². The number of hydrogen-bond acceptors (Lipinski definition) is 4. The lowest BCUT2D eigenvalue weighted by atomic mass is 10.1. The van der Waals surface area contributed by atoms with Crippen LogP contribution in [0.5, 0.6) is 0 Å². The fraction of sp³-hybridized carbons (Fsp3) is 0.188. The maximum absolute atomic E-state index is 9.34. The molecule has 2 aromatic rings. The van der Waals surface area contributed by atoms with Gasteiger partial charge in [0, 0.05) is 10.6 Å². The van der Waals surface area contributed by atoms with Crippen molar-refractivity contribution in [1.29, 1.82) is 5.26 Å². The molecule has 0 aliphatic carbocycles. The van der Waals surface area contributed by atoms with E-state index in [2.05, 4.69) is 11.4 Å². The van der Waals surface area contributed by atoms with Crippen molar-refractivity contribution < 1.29 is 0 Å². The molecule has 0 aliphatic rings. The van der Waals surface area contributed by atoms with Crippen molar-refractivity contribution in [3.05, 3.63) is 53.6 Å². The summed E-state index contributed by atoms with van der Waals surface area (Å²) in [4.78, 5) is 0.978. The summed E-state index contributed by atoms with van der Waals surface area (Å²) < 4.78 is 0. The van der Waals surface area contributed by atoms with E-state index >= 15 is 0 Å². The van der Waals surface area contributed by atoms with Crippen LogP contribution in [-0.2, 0) is 0 Å². The summed E-state index contributed by atoms with van der Waals surface area (Å²) in [5, 5.41) is 12.7. The molecular weight excluding hydrogens is 266 g/mol. The van der Waals surface area contributed by atoms with Crippen molar-refractivity contribution >= 4 is 23.1 Å². The number of nitriles is 1. The summed E-state index contributed by atoms with van der Waals surface area (Å²) in [6, 6.07) is 15.9. The third-order valence-electron chi connectivity index (χ3n) is 3.19. The molecule has 0 amide bonds. The zero-order chi connectivity index (χ0) is 14.5. The van der Waals surface area contributed by atoms with Gasteiger partial charge in [0.2, 0.25) is 0 Å². The van der Waals surface area contributed by atoms with E-state index in [4.69, 9.17) is 5.73 Å². The Labute approximate surface area is 123 Å². The van der Waals surface area contributed by atoms with Gasteiger partial charge < -0.3 is 11.1 Å². The Bertz CT molecular complexity index is 646. The van der Waals surface area contributed by atoms with E-state index in [0.717, 1.165) is 21.8 Å². The number of para-hydroxylation sites is 1. The van der Waals surface area contributed by atoms with Crippen molar-refractivity contribution in [3.63, 3.8) is 0 Å². The van der Waals surface area contributed by atoms with Crippen LogP contribution in [0.1, 0.15) is 24.1 Å². The fourth-order valence-electron chi connectivity index (χ4n) is 2.15. The molecule has 4 heteroatoms. The van der Waals surface area contributed by atoms with E-state index in [1.54, 1.807) is 11.8 Å². The minimum Gasteiger partial charge on any atom is -0.398 e. The molecule has 0 bridgehead atoms. The van der Waals surface area contributed by atoms with E-state index in [-0.39, 0.29) is 6.04 Å². The Kier molecular flexibility index (Phi) is 4.54. The first kappa shape index (κ1) is 14.3. The van der Waals surface area contributed by atoms with Crippen LogP contribution in [-0.4, -0.2) is 6.26 Å². The second kappa shape index (κ2) is 6.36. The minimum absolute atomic E-state index is 0.0420. The molecule has 20 heavy (non-hydrogen) atoms. The number of rotatable bonds is 4. The zero-order valence-electron chi connectivity index (χ0n) is 11.6. The van der Waals surface area contributed by atoms with Crippen LogP contribution in [0.25, 0.3) is 0 Å². The molecule has 3 N–H and O–H groups in total. The molecule has 0 radical (unpaired) electrons. The molecule has 0 spiro atoms. The van der Waals surface area contributed by atoms with Crippen molar-refractivity contribution in [2.24, 2.45) is 0 Å². The fourth-order valence-corrected chi connectivity index (χ4v) is 2.73. The van der Waals surface area contributed by atoms with Crippen LogP contribution in [0.3, 0.4) is 0 Å². The van der Waals surface area contributed by atoms with Crippen molar-refractivity contribution in [1.82, 2.24) is 0 Å². The molecule has 0 saturated heterocycles. The van der Waals surface area contributed by atoms with Gasteiger partial charge in [-0.3, -0.25) is 0 Å². The van der Waals surface area contributed by atoms with Crippen LogP contribution in [0, 0.1) is 11.3 Å². The molecule has 0 saturated carbocycles. The van der Waals surface area contributed by atoms with E-state index in [1.807, 2.05) is 55.6 Å². The SMILES string of the molecule is CSc1cccc(NC(C)c2ccccc2N)c1C#N. The molecule has 102 valence electrons. The summed E-state index contributed by atoms with van der Waals surface area (Å²) in [6.45, 7) is 2.04. The van der Waals surface area contributed by atoms with E-state index in [1.165, 1.54) is 0 Å². The lowest BCUT2D eigenvalue weighted by molar-refractivity contribution is 0.886. The summed E-state index contributed by atoms with van der Waals surface area (Å²) >= 11 is 1.57. The number of benzene rings is 2. The Morgan fingerprint density at radius 1 is 1.20 bits per heavy atom. The molecule has 0 aromatic heterocycles. The molecular formula is C16H17N3S. The summed E-state index contributed by atoms with van der Waals surface area (Å²) in [6.07, 6.45) is 1.97. The number of nitrogens with one attached hydrogen (secondary N) is 1. The van der Waals surface area contributed by atoms with Crippen LogP contribution in [0.4, 0.5) is 11.4 Å². The second-order valence-electron chi connectivity index (χ2n) is 4.49. The van der Waals surface area contributed by atoms with Gasteiger partial charge in [0.25, 0.3) is 0 Å². The van der Waals surface area contributed by atoms with Gasteiger partial charge in [-0.05, 0) is 36.9 Å². The van der Waals surface area contributed by atoms with E-state index in [9.17, 15) is 5.26 Å². The first-order chi connectivity index (χ1) is 9.67. The Hall–Kier alpha value is -2.12. The normalized spacial score (nSPS) is 11.7. The number of nitrogens with zero attached hydrogens (tertiary/aromatic N) is 1. The van der Waals surface area contributed by atoms with Gasteiger partial charge in [0.05, 0.1) is 17.3 Å². The van der Waals surface area contributed by atoms with Gasteiger partial charge in [-0.2, -0.15) is 5.26 Å². The van der Waals surface area contributed by atoms with Crippen LogP contribution >= 0.6 is 11.8 Å². The highest BCUT2D eigenvalue weighted by molar-refractivity contribution is 7.98. The van der Waals surface area contributed by atoms with Crippen molar-refractivity contribution in [2.75, 3.05) is 17.3 Å². The lowest BCUT2D eigenvalue weighted by Gasteiger charge is -2.19. The highest BCUT2D eigenvalue weighted by Gasteiger charge is 2.12. The Balaban J connectivity index is 2.31. The molecule has 2 rings (SSSR count). The average Bonchev–Trinajstić information content (AvgIpc) is 2.47. The average molecular weight is 283 g/mol. The Morgan fingerprint density at radius 2 is 1.95 bits per heavy atom. The highest BCUT2D eigenvalue weighted by atomic mass is 32.2. The standard InChI is InChI=1S/C16H17N3S/c1-11(12-6-3-4-7-14(12)18)19-15-8-5-9-16(20-2)13(15)10-17/h3-9,11,19H,18H2,1-2H3. The molecule has 2 aromatic carbocycles. The number of nitrogens with two attached hydrogens (primary N) is 1. The first-order valence-corrected chi connectivity index (χ1v) is 7.58. The van der Waals surface area contributed by atoms with Crippen molar-refractivity contribution in [3.8, 4) is 6.07 Å². The van der Waals surface area contributed by atoms with E-state index < -0.39 is 0 Å². The second-order valence-corrected chi connectivity index (χ2v) is 5.34. The predicted molar refractivity (Wildman–Crippen MR) is 85.8 cm³/mol. The number of nitrogen functional groups attached to an aromatic ring is 1. The largest absolute Gasteiger partial charge is 0.398 e. The summed E-state index contributed by atoms with van der Waals surface area (Å²) in [5.41, 5.74) is 9.31. The summed E-state index contributed by atoms with van der Waals surface area (Å²) in [5.74, 6) is 0. The van der Waals surface area contributed by atoms with E-state index in [0.29, 0.717) is 5.56 Å². The molecule has 1 atom stereocenters. The monoisotopic (exact) mass is 283 g/mol. The molecule has 0 heterocycles. The summed E-state index contributed by atoms with van der Waals surface area (Å²) in [7, 11) is 0. The highest BCUT2D eigenvalue weighted by Crippen LogP contribution is 2.30. The lowest BCUT2D eigenvalue weighted by Crippen LogP contribution is -2.10. The van der Waals surface area contributed by atoms with Gasteiger partial charge in [-0.25, -0.2) is 0 Å². The first-order valence-electron chi connectivity index (χ1n) is 6.35. The Morgan fingerprint density at radius 3 is 2.60 bits per heavy atom. The number of anilines is 2. The van der Waals surface area contributed by atoms with Gasteiger partial charge in [0.15, 0.2) is 0 Å². The maximum atomic E-state index is 9.34. The number of hydrogen-bond donors (Lipinski definition) is 2. The van der Waals surface area contributed by atoms with Gasteiger partial charge in [-0.15, -0.1) is 11.8 Å². The maximum Gasteiger partial charge on any atom is 0.102 e. The molecule has 1 unspecified atom stereocenters. The minimum atomic E-state index is 0.0420. The van der Waals surface area contributed by atoms with Gasteiger partial charge in [0.1, 0.15) is 6.07 Å². The quantitative estimate of drug-likeness (QED) is 0.657. The van der Waals surface area contributed by atoms with Crippen LogP contribution in [0.15, 0.2) is 47.4 Å². The molecule has 0 fully saturated rings. The van der Waals surface area contributed by atoms with Gasteiger partial charge >= 0.3 is 0 Å². The number of thioether (sulfide) groups is 1. The van der Waals surface area contributed by atoms with Crippen molar-refractivity contribution in [2.45, 2.75) is 17.9 Å². The van der Waals surface area contributed by atoms with Gasteiger partial charge in [-0.1, -0.05) is 24.3 Å². The zero-order valence-corrected chi connectivity index (χ0v) is 12.4. The third-order valence-corrected chi connectivity index (χ3v) is 3.97. The molecule has 3 nitrogen and oxygen atoms in total. The molecule has 0 aliphatic heterocycles. The predicted octanol–water partition coefficient (Wildman–Crippen LogP) is 4.04. The smallest absolute Gasteiger partial charge is 0.102 e. The topological polar surface area (TPSA) is 61.8 Å².